The molecule has 124 valence electrons. The minimum absolute atomic E-state index is 0.0388. The Morgan fingerprint density at radius 3 is 2.70 bits per heavy atom. The van der Waals surface area contributed by atoms with Crippen LogP contribution in [0.2, 0.25) is 0 Å². The molecule has 2 amide bonds. The molecule has 0 spiro atoms. The molecule has 5 nitrogen and oxygen atoms in total. The van der Waals surface area contributed by atoms with Crippen LogP contribution >= 0.6 is 11.3 Å². The number of anilines is 2. The highest BCUT2D eigenvalue weighted by Crippen LogP contribution is 2.29. The number of rotatable bonds is 7. The van der Waals surface area contributed by atoms with Crippen LogP contribution < -0.4 is 10.6 Å². The minimum Gasteiger partial charge on any atom is -0.326 e. The van der Waals surface area contributed by atoms with E-state index in [1.54, 1.807) is 0 Å². The lowest BCUT2D eigenvalue weighted by atomic mass is 9.99. The highest BCUT2D eigenvalue weighted by atomic mass is 32.1. The van der Waals surface area contributed by atoms with E-state index in [-0.39, 0.29) is 17.7 Å². The van der Waals surface area contributed by atoms with Crippen molar-refractivity contribution in [1.29, 1.82) is 0 Å². The maximum absolute atomic E-state index is 12.3. The second-order valence-corrected chi connectivity index (χ2v) is 6.65. The van der Waals surface area contributed by atoms with Crippen LogP contribution in [0.4, 0.5) is 10.8 Å². The van der Waals surface area contributed by atoms with Gasteiger partial charge in [0.05, 0.1) is 10.2 Å². The van der Waals surface area contributed by atoms with Gasteiger partial charge in [0.25, 0.3) is 0 Å². The molecule has 2 N–H and O–H groups in total. The van der Waals surface area contributed by atoms with E-state index in [1.807, 2.05) is 25.1 Å². The van der Waals surface area contributed by atoms with Crippen molar-refractivity contribution >= 4 is 44.2 Å². The second-order valence-electron chi connectivity index (χ2n) is 5.62. The predicted octanol–water partition coefficient (Wildman–Crippen LogP) is 4.41. The molecule has 0 bridgehead atoms. The Kier molecular flexibility index (Phi) is 6.10. The lowest BCUT2D eigenvalue weighted by molar-refractivity contribution is -0.120. The summed E-state index contributed by atoms with van der Waals surface area (Å²) in [4.78, 5) is 27.9. The van der Waals surface area contributed by atoms with E-state index >= 15 is 0 Å². The zero-order valence-corrected chi connectivity index (χ0v) is 14.6. The first-order valence-electron chi connectivity index (χ1n) is 8.02. The van der Waals surface area contributed by atoms with Crippen molar-refractivity contribution in [2.24, 2.45) is 5.92 Å². The number of nitrogens with zero attached hydrogens (tertiary/aromatic N) is 1. The fraction of sp³-hybridized carbons (Fsp3) is 0.471. The first-order valence-corrected chi connectivity index (χ1v) is 8.84. The normalized spacial score (nSPS) is 12.1. The van der Waals surface area contributed by atoms with Crippen molar-refractivity contribution in [3.8, 4) is 0 Å². The van der Waals surface area contributed by atoms with Gasteiger partial charge in [0.15, 0.2) is 5.13 Å². The number of carbonyl (C=O) groups excluding carboxylic acids is 2. The highest BCUT2D eigenvalue weighted by molar-refractivity contribution is 7.22. The van der Waals surface area contributed by atoms with Crippen molar-refractivity contribution in [2.45, 2.75) is 46.5 Å². The summed E-state index contributed by atoms with van der Waals surface area (Å²) in [5.41, 5.74) is 1.56. The Morgan fingerprint density at radius 1 is 1.26 bits per heavy atom. The molecule has 2 rings (SSSR count). The molecule has 0 radical (unpaired) electrons. The Bertz CT molecular complexity index is 696. The molecule has 1 unspecified atom stereocenters. The average Bonchev–Trinajstić information content (AvgIpc) is 2.88. The molecular weight excluding hydrogens is 310 g/mol. The summed E-state index contributed by atoms with van der Waals surface area (Å²) >= 11 is 1.42. The van der Waals surface area contributed by atoms with Gasteiger partial charge in [-0.05, 0) is 31.0 Å². The summed E-state index contributed by atoms with van der Waals surface area (Å²) in [6.07, 6.45) is 3.91. The molecule has 0 saturated carbocycles. The number of fused-ring (bicyclic) bond motifs is 1. The van der Waals surface area contributed by atoms with Crippen molar-refractivity contribution in [3.05, 3.63) is 18.2 Å². The topological polar surface area (TPSA) is 71.1 Å². The molecule has 6 heteroatoms. The number of thiazole rings is 1. The summed E-state index contributed by atoms with van der Waals surface area (Å²) in [6, 6.07) is 5.53. The van der Waals surface area contributed by atoms with E-state index in [2.05, 4.69) is 22.5 Å². The molecular formula is C17H23N3O2S. The summed E-state index contributed by atoms with van der Waals surface area (Å²) in [5, 5.41) is 6.29. The zero-order valence-electron chi connectivity index (χ0n) is 13.8. The van der Waals surface area contributed by atoms with E-state index in [1.165, 1.54) is 18.3 Å². The molecule has 0 saturated heterocycles. The Hall–Kier alpha value is -1.95. The minimum atomic E-state index is -0.107. The van der Waals surface area contributed by atoms with Gasteiger partial charge in [-0.25, -0.2) is 4.98 Å². The molecule has 0 aliphatic carbocycles. The van der Waals surface area contributed by atoms with Gasteiger partial charge >= 0.3 is 0 Å². The van der Waals surface area contributed by atoms with Gasteiger partial charge in [0, 0.05) is 18.5 Å². The standard InChI is InChI=1S/C17H23N3O2S/c1-4-6-7-12(5-2)16(22)20-17-19-14-9-8-13(18-11(3)21)10-15(14)23-17/h8-10,12H,4-7H2,1-3H3,(H,18,21)(H,19,20,22). The third-order valence-corrected chi connectivity index (χ3v) is 4.64. The molecule has 1 aromatic carbocycles. The van der Waals surface area contributed by atoms with Crippen LogP contribution in [-0.2, 0) is 9.59 Å². The monoisotopic (exact) mass is 333 g/mol. The Labute approximate surface area is 140 Å². The van der Waals surface area contributed by atoms with Crippen LogP contribution in [-0.4, -0.2) is 16.8 Å². The SMILES string of the molecule is CCCCC(CC)C(=O)Nc1nc2ccc(NC(C)=O)cc2s1. The maximum atomic E-state index is 12.3. The number of hydrogen-bond acceptors (Lipinski definition) is 4. The van der Waals surface area contributed by atoms with E-state index in [9.17, 15) is 9.59 Å². The fourth-order valence-corrected chi connectivity index (χ4v) is 3.35. The molecule has 0 fully saturated rings. The van der Waals surface area contributed by atoms with Crippen molar-refractivity contribution < 1.29 is 9.59 Å². The molecule has 1 heterocycles. The van der Waals surface area contributed by atoms with E-state index in [0.717, 1.165) is 41.6 Å². The van der Waals surface area contributed by atoms with Gasteiger partial charge in [-0.15, -0.1) is 0 Å². The molecule has 23 heavy (non-hydrogen) atoms. The summed E-state index contributed by atoms with van der Waals surface area (Å²) in [6.45, 7) is 5.65. The molecule has 1 atom stereocenters. The van der Waals surface area contributed by atoms with Crippen LogP contribution in [0.15, 0.2) is 18.2 Å². The summed E-state index contributed by atoms with van der Waals surface area (Å²) in [5.74, 6) is -0.0249. The quantitative estimate of drug-likeness (QED) is 0.788. The largest absolute Gasteiger partial charge is 0.326 e. The number of nitrogens with one attached hydrogen (secondary N) is 2. The van der Waals surface area contributed by atoms with E-state index in [0.29, 0.717) is 5.13 Å². The van der Waals surface area contributed by atoms with Gasteiger partial charge in [-0.2, -0.15) is 0 Å². The van der Waals surface area contributed by atoms with Crippen molar-refractivity contribution in [2.75, 3.05) is 10.6 Å². The number of amides is 2. The average molecular weight is 333 g/mol. The third kappa shape index (κ3) is 4.76. The van der Waals surface area contributed by atoms with Crippen LogP contribution in [0, 0.1) is 5.92 Å². The maximum Gasteiger partial charge on any atom is 0.229 e. The van der Waals surface area contributed by atoms with Crippen molar-refractivity contribution in [3.63, 3.8) is 0 Å². The van der Waals surface area contributed by atoms with Gasteiger partial charge in [0.1, 0.15) is 0 Å². The van der Waals surface area contributed by atoms with E-state index in [4.69, 9.17) is 0 Å². The third-order valence-electron chi connectivity index (χ3n) is 3.71. The molecule has 0 aliphatic heterocycles. The summed E-state index contributed by atoms with van der Waals surface area (Å²) < 4.78 is 0.938. The smallest absolute Gasteiger partial charge is 0.229 e. The van der Waals surface area contributed by atoms with Crippen molar-refractivity contribution in [1.82, 2.24) is 4.98 Å². The fourth-order valence-electron chi connectivity index (χ4n) is 2.44. The van der Waals surface area contributed by atoms with Gasteiger partial charge < -0.3 is 10.6 Å². The highest BCUT2D eigenvalue weighted by Gasteiger charge is 2.17. The van der Waals surface area contributed by atoms with Gasteiger partial charge in [0.2, 0.25) is 11.8 Å². The number of benzene rings is 1. The van der Waals surface area contributed by atoms with Crippen LogP contribution in [0.25, 0.3) is 10.2 Å². The Morgan fingerprint density at radius 2 is 2.04 bits per heavy atom. The number of unbranched alkanes of at least 4 members (excludes halogenated alkanes) is 1. The first kappa shape index (κ1) is 17.4. The van der Waals surface area contributed by atoms with Crippen LogP contribution in [0.1, 0.15) is 46.5 Å². The molecule has 2 aromatic rings. The van der Waals surface area contributed by atoms with Crippen LogP contribution in [0.5, 0.6) is 0 Å². The summed E-state index contributed by atoms with van der Waals surface area (Å²) in [7, 11) is 0. The number of carbonyl (C=O) groups is 2. The van der Waals surface area contributed by atoms with Gasteiger partial charge in [-0.3, -0.25) is 9.59 Å². The second kappa shape index (κ2) is 8.06. The first-order chi connectivity index (χ1) is 11.0. The molecule has 0 aliphatic rings. The lowest BCUT2D eigenvalue weighted by Crippen LogP contribution is -2.22. The number of hydrogen-bond donors (Lipinski definition) is 2. The zero-order chi connectivity index (χ0) is 16.8. The van der Waals surface area contributed by atoms with Gasteiger partial charge in [-0.1, -0.05) is 38.0 Å². The Balaban J connectivity index is 2.10. The lowest BCUT2D eigenvalue weighted by Gasteiger charge is -2.12. The number of aromatic nitrogens is 1. The van der Waals surface area contributed by atoms with Crippen LogP contribution in [0.3, 0.4) is 0 Å². The predicted molar refractivity (Wildman–Crippen MR) is 95.9 cm³/mol. The van der Waals surface area contributed by atoms with E-state index < -0.39 is 0 Å². The molecule has 1 aromatic heterocycles.